The van der Waals surface area contributed by atoms with Crippen molar-refractivity contribution in [3.63, 3.8) is 0 Å². The van der Waals surface area contributed by atoms with Crippen LogP contribution in [0.4, 0.5) is 0 Å². The molecule has 0 bridgehead atoms. The maximum absolute atomic E-state index is 6.79. The summed E-state index contributed by atoms with van der Waals surface area (Å²) in [5.74, 6) is 2.81. The predicted molar refractivity (Wildman–Crippen MR) is 178 cm³/mol. The predicted octanol–water partition coefficient (Wildman–Crippen LogP) is 10.6. The van der Waals surface area contributed by atoms with Crippen LogP contribution in [0.15, 0.2) is 23.0 Å². The highest BCUT2D eigenvalue weighted by atomic mass is 16.8. The minimum absolute atomic E-state index is 0.483. The van der Waals surface area contributed by atoms with Crippen molar-refractivity contribution in [2.75, 3.05) is 39.6 Å². The van der Waals surface area contributed by atoms with Crippen LogP contribution < -0.4 is 0 Å². The third kappa shape index (κ3) is 20.3. The van der Waals surface area contributed by atoms with E-state index >= 15 is 0 Å². The minimum atomic E-state index is -0.792. The van der Waals surface area contributed by atoms with E-state index in [0.29, 0.717) is 51.2 Å². The van der Waals surface area contributed by atoms with Crippen molar-refractivity contribution in [1.82, 2.24) is 0 Å². The summed E-state index contributed by atoms with van der Waals surface area (Å²) in [6.45, 7) is 20.0. The Morgan fingerprint density at radius 3 is 1.07 bits per heavy atom. The van der Waals surface area contributed by atoms with Gasteiger partial charge >= 0.3 is 0 Å². The average Bonchev–Trinajstić information content (AvgIpc) is 3.00. The molecule has 0 rings (SSSR count). The Morgan fingerprint density at radius 1 is 0.395 bits per heavy atom. The van der Waals surface area contributed by atoms with Gasteiger partial charge in [0.2, 0.25) is 12.6 Å². The molecule has 0 N–H and O–H groups in total. The molecule has 256 valence electrons. The molecule has 43 heavy (non-hydrogen) atoms. The Morgan fingerprint density at radius 2 is 0.744 bits per heavy atom. The number of ether oxygens (including phenoxy) is 7. The lowest BCUT2D eigenvalue weighted by molar-refractivity contribution is -0.242. The molecule has 0 aromatic heterocycles. The van der Waals surface area contributed by atoms with Crippen LogP contribution in [0.25, 0.3) is 0 Å². The number of unbranched alkanes of at least 4 members (excludes halogenated alkanes) is 10. The molecular weight excluding hydrogens is 544 g/mol. The molecule has 2 atom stereocenters. The molecule has 0 amide bonds. The Hall–Kier alpha value is -1.44. The van der Waals surface area contributed by atoms with Gasteiger partial charge in [0.1, 0.15) is 11.5 Å². The van der Waals surface area contributed by atoms with Gasteiger partial charge in [0.05, 0.1) is 39.6 Å². The van der Waals surface area contributed by atoms with E-state index in [9.17, 15) is 0 Å². The Kier molecular flexibility index (Phi) is 29.6. The van der Waals surface area contributed by atoms with Crippen LogP contribution in [0, 0.1) is 0 Å². The zero-order valence-electron chi connectivity index (χ0n) is 29.6. The third-order valence-electron chi connectivity index (χ3n) is 7.01. The van der Waals surface area contributed by atoms with Gasteiger partial charge in [-0.3, -0.25) is 0 Å². The summed E-state index contributed by atoms with van der Waals surface area (Å²) in [5, 5.41) is 0. The quantitative estimate of drug-likeness (QED) is 0.0424. The number of hydrogen-bond acceptors (Lipinski definition) is 7. The smallest absolute Gasteiger partial charge is 0.223 e. The molecule has 0 saturated carbocycles. The van der Waals surface area contributed by atoms with E-state index in [-0.39, 0.29) is 0 Å². The zero-order valence-corrected chi connectivity index (χ0v) is 29.6. The van der Waals surface area contributed by atoms with Crippen molar-refractivity contribution >= 4 is 0 Å². The van der Waals surface area contributed by atoms with Crippen molar-refractivity contribution in [2.24, 2.45) is 0 Å². The van der Waals surface area contributed by atoms with Crippen LogP contribution in [0.1, 0.15) is 158 Å². The van der Waals surface area contributed by atoms with E-state index in [4.69, 9.17) is 33.2 Å². The van der Waals surface area contributed by atoms with Gasteiger partial charge in [-0.1, -0.05) is 91.9 Å². The lowest BCUT2D eigenvalue weighted by atomic mass is 10.1. The molecule has 0 aromatic rings. The summed E-state index contributed by atoms with van der Waals surface area (Å²) in [6, 6.07) is 0. The van der Waals surface area contributed by atoms with Gasteiger partial charge < -0.3 is 33.2 Å². The Bertz CT molecular complexity index is 621. The summed E-state index contributed by atoms with van der Waals surface area (Å²) in [4.78, 5) is 0. The maximum Gasteiger partial charge on any atom is 0.223 e. The van der Waals surface area contributed by atoms with Crippen LogP contribution in [0.3, 0.4) is 0 Å². The van der Waals surface area contributed by atoms with Crippen molar-refractivity contribution in [3.05, 3.63) is 23.0 Å². The lowest BCUT2D eigenvalue weighted by Crippen LogP contribution is -2.34. The van der Waals surface area contributed by atoms with E-state index in [0.717, 1.165) is 88.6 Å². The van der Waals surface area contributed by atoms with E-state index in [1.807, 2.05) is 27.7 Å². The van der Waals surface area contributed by atoms with E-state index < -0.39 is 12.6 Å². The monoisotopic (exact) mass is 615 g/mol. The van der Waals surface area contributed by atoms with Gasteiger partial charge in [-0.25, -0.2) is 0 Å². The van der Waals surface area contributed by atoms with Crippen molar-refractivity contribution in [1.29, 1.82) is 0 Å². The minimum Gasteiger partial charge on any atom is -0.495 e. The molecule has 0 aliphatic rings. The number of rotatable bonds is 32. The van der Waals surface area contributed by atoms with Crippen molar-refractivity contribution in [3.8, 4) is 0 Å². The van der Waals surface area contributed by atoms with Crippen molar-refractivity contribution in [2.45, 2.75) is 171 Å². The summed E-state index contributed by atoms with van der Waals surface area (Å²) in [7, 11) is 0. The van der Waals surface area contributed by atoms with Gasteiger partial charge in [-0.2, -0.15) is 0 Å². The van der Waals surface area contributed by atoms with Gasteiger partial charge in [-0.15, -0.1) is 0 Å². The SMILES string of the molecule is CCCCCCOC(OC(OCCCCCC)C(OCC)=C(CCCCC)OCC)C(OCC)=C(CCCCC)OCC. The molecule has 0 radical (unpaired) electrons. The number of hydrogen-bond donors (Lipinski definition) is 0. The topological polar surface area (TPSA) is 64.6 Å². The van der Waals surface area contributed by atoms with E-state index in [1.165, 1.54) is 25.7 Å². The van der Waals surface area contributed by atoms with Gasteiger partial charge in [0.25, 0.3) is 0 Å². The lowest BCUT2D eigenvalue weighted by Gasteiger charge is -2.30. The summed E-state index contributed by atoms with van der Waals surface area (Å²) >= 11 is 0. The van der Waals surface area contributed by atoms with Gasteiger partial charge in [0.15, 0.2) is 11.5 Å². The maximum atomic E-state index is 6.79. The molecule has 0 aromatic carbocycles. The summed E-state index contributed by atoms with van der Waals surface area (Å²) in [6.07, 6.45) is 15.3. The number of allylic oxidation sites excluding steroid dienone is 2. The van der Waals surface area contributed by atoms with Gasteiger partial charge in [0, 0.05) is 12.8 Å². The highest BCUT2D eigenvalue weighted by Gasteiger charge is 2.32. The molecule has 0 spiro atoms. The second kappa shape index (κ2) is 30.6. The van der Waals surface area contributed by atoms with Crippen LogP contribution in [-0.2, 0) is 33.2 Å². The molecule has 0 saturated heterocycles. The first-order valence-electron chi connectivity index (χ1n) is 17.9. The standard InChI is InChI=1S/C36H70O7/c1-9-17-21-25-29-41-35(33(39-15-7)31(37-13-5)27-23-19-11-3)43-36(42-30-26-22-18-10-2)34(40-16-8)32(38-14-6)28-24-20-12-4/h35-36H,9-30H2,1-8H3. The van der Waals surface area contributed by atoms with Crippen LogP contribution >= 0.6 is 0 Å². The fourth-order valence-electron chi connectivity index (χ4n) is 4.73. The first-order valence-corrected chi connectivity index (χ1v) is 17.9. The summed E-state index contributed by atoms with van der Waals surface area (Å²) in [5.41, 5.74) is 0. The van der Waals surface area contributed by atoms with E-state index in [2.05, 4.69) is 27.7 Å². The first kappa shape index (κ1) is 41.6. The molecule has 7 nitrogen and oxygen atoms in total. The van der Waals surface area contributed by atoms with Crippen LogP contribution in [0.5, 0.6) is 0 Å². The molecular formula is C36H70O7. The zero-order chi connectivity index (χ0) is 32.0. The Labute approximate surface area is 266 Å². The van der Waals surface area contributed by atoms with Gasteiger partial charge in [-0.05, 0) is 53.4 Å². The molecule has 2 unspecified atom stereocenters. The molecule has 7 heteroatoms. The molecule has 0 heterocycles. The van der Waals surface area contributed by atoms with Crippen LogP contribution in [-0.4, -0.2) is 52.2 Å². The molecule has 0 aliphatic carbocycles. The largest absolute Gasteiger partial charge is 0.495 e. The third-order valence-corrected chi connectivity index (χ3v) is 7.01. The summed E-state index contributed by atoms with van der Waals surface area (Å²) < 4.78 is 44.7. The average molecular weight is 615 g/mol. The normalized spacial score (nSPS) is 14.1. The molecule has 0 aliphatic heterocycles. The van der Waals surface area contributed by atoms with Crippen LogP contribution in [0.2, 0.25) is 0 Å². The second-order valence-electron chi connectivity index (χ2n) is 10.9. The Balaban J connectivity index is 6.66. The molecule has 0 fully saturated rings. The van der Waals surface area contributed by atoms with E-state index in [1.54, 1.807) is 0 Å². The highest BCUT2D eigenvalue weighted by molar-refractivity contribution is 5.09. The second-order valence-corrected chi connectivity index (χ2v) is 10.9. The highest BCUT2D eigenvalue weighted by Crippen LogP contribution is 2.28. The first-order chi connectivity index (χ1) is 21.1. The fraction of sp³-hybridized carbons (Fsp3) is 0.889. The van der Waals surface area contributed by atoms with Crippen molar-refractivity contribution < 1.29 is 33.2 Å². The fourth-order valence-corrected chi connectivity index (χ4v) is 4.73.